The van der Waals surface area contributed by atoms with E-state index in [2.05, 4.69) is 9.97 Å². The molecule has 18 heavy (non-hydrogen) atoms. The fourth-order valence-corrected chi connectivity index (χ4v) is 2.25. The van der Waals surface area contributed by atoms with Crippen LogP contribution in [0.4, 0.5) is 0 Å². The van der Waals surface area contributed by atoms with Crippen LogP contribution in [0.2, 0.25) is 0 Å². The molecule has 3 rings (SSSR count). The number of imidazole rings is 1. The van der Waals surface area contributed by atoms with Gasteiger partial charge in [-0.2, -0.15) is 4.98 Å². The minimum atomic E-state index is -1.08. The quantitative estimate of drug-likeness (QED) is 0.555. The molecule has 0 radical (unpaired) electrons. The van der Waals surface area contributed by atoms with Crippen molar-refractivity contribution in [1.82, 2.24) is 14.5 Å². The summed E-state index contributed by atoms with van der Waals surface area (Å²) >= 11 is -1.08. The Bertz CT molecular complexity index is 648. The van der Waals surface area contributed by atoms with Gasteiger partial charge < -0.3 is 9.12 Å². The molecule has 1 N–H and O–H groups in total. The van der Waals surface area contributed by atoms with Gasteiger partial charge in [0.1, 0.15) is 6.26 Å². The van der Waals surface area contributed by atoms with Gasteiger partial charge in [-0.3, -0.25) is 4.98 Å². The summed E-state index contributed by atoms with van der Waals surface area (Å²) in [6, 6.07) is 9.88. The molecule has 2 aromatic heterocycles. The van der Waals surface area contributed by atoms with E-state index < -0.39 is 11.2 Å². The van der Waals surface area contributed by atoms with Gasteiger partial charge in [0.05, 0.1) is 11.0 Å². The third-order valence-electron chi connectivity index (χ3n) is 2.62. The van der Waals surface area contributed by atoms with Crippen molar-refractivity contribution in [2.24, 2.45) is 0 Å². The first kappa shape index (κ1) is 13.3. The molecule has 4 nitrogen and oxygen atoms in total. The van der Waals surface area contributed by atoms with Crippen LogP contribution in [-0.4, -0.2) is 44.2 Å². The first-order valence-electron chi connectivity index (χ1n) is 5.20. The third kappa shape index (κ3) is 2.36. The number of benzene rings is 1. The number of hydrogen-bond donors (Lipinski definition) is 1. The number of H-pyrrole nitrogens is 1. The summed E-state index contributed by atoms with van der Waals surface area (Å²) in [5, 5.41) is 0.518. The van der Waals surface area contributed by atoms with E-state index in [9.17, 15) is 4.55 Å². The van der Waals surface area contributed by atoms with E-state index in [-0.39, 0.29) is 18.9 Å². The number of nitrogens with one attached hydrogen (secondary N) is 1. The molecule has 0 fully saturated rings. The molecule has 0 aliphatic heterocycles. The molecule has 2 heterocycles. The van der Waals surface area contributed by atoms with Crippen molar-refractivity contribution < 1.29 is 4.55 Å². The van der Waals surface area contributed by atoms with Crippen molar-refractivity contribution in [3.63, 3.8) is 0 Å². The van der Waals surface area contributed by atoms with Crippen molar-refractivity contribution in [2.45, 2.75) is 5.16 Å². The Kier molecular flexibility index (Phi) is 3.88. The van der Waals surface area contributed by atoms with Gasteiger partial charge in [-0.25, -0.2) is 0 Å². The van der Waals surface area contributed by atoms with Crippen molar-refractivity contribution in [3.05, 3.63) is 42.7 Å². The number of rotatable bonds is 2. The normalized spacial score (nSPS) is 12.3. The summed E-state index contributed by atoms with van der Waals surface area (Å²) in [4.78, 5) is 7.36. The van der Waals surface area contributed by atoms with E-state index >= 15 is 0 Å². The van der Waals surface area contributed by atoms with Crippen LogP contribution >= 0.6 is 0 Å². The number of aromatic amines is 1. The van der Waals surface area contributed by atoms with E-state index in [4.69, 9.17) is 0 Å². The SMILES string of the molecule is C[S+]([O-])c1nc2cc(-n3cccc3)ccc2[nH]1.[LiH]. The van der Waals surface area contributed by atoms with Crippen LogP contribution < -0.4 is 0 Å². The summed E-state index contributed by atoms with van der Waals surface area (Å²) in [5.41, 5.74) is 2.79. The molecule has 0 saturated heterocycles. The minimum absolute atomic E-state index is 0. The Morgan fingerprint density at radius 1 is 1.28 bits per heavy atom. The van der Waals surface area contributed by atoms with Crippen molar-refractivity contribution in [2.75, 3.05) is 6.26 Å². The van der Waals surface area contributed by atoms with E-state index in [1.54, 1.807) is 6.26 Å². The van der Waals surface area contributed by atoms with Gasteiger partial charge in [0.25, 0.3) is 0 Å². The van der Waals surface area contributed by atoms with Crippen LogP contribution in [0.15, 0.2) is 47.9 Å². The fourth-order valence-electron chi connectivity index (χ4n) is 1.77. The zero-order valence-electron chi connectivity index (χ0n) is 9.25. The molecular weight excluding hydrogens is 241 g/mol. The van der Waals surface area contributed by atoms with E-state index in [0.717, 1.165) is 16.7 Å². The maximum atomic E-state index is 11.3. The Hall–Kier alpha value is -1.12. The van der Waals surface area contributed by atoms with Crippen LogP contribution in [0.1, 0.15) is 0 Å². The summed E-state index contributed by atoms with van der Waals surface area (Å²) in [5.74, 6) is 0. The van der Waals surface area contributed by atoms with Crippen molar-refractivity contribution >= 4 is 41.1 Å². The van der Waals surface area contributed by atoms with Gasteiger partial charge in [0.15, 0.2) is 0 Å². The number of aromatic nitrogens is 3. The van der Waals surface area contributed by atoms with Crippen LogP contribution in [0, 0.1) is 0 Å². The second-order valence-electron chi connectivity index (χ2n) is 3.79. The summed E-state index contributed by atoms with van der Waals surface area (Å²) < 4.78 is 13.4. The first-order chi connectivity index (χ1) is 8.24. The number of hydrogen-bond acceptors (Lipinski definition) is 2. The van der Waals surface area contributed by atoms with Gasteiger partial charge in [-0.1, -0.05) is 0 Å². The summed E-state index contributed by atoms with van der Waals surface area (Å²) in [7, 11) is 0. The van der Waals surface area contributed by atoms with Gasteiger partial charge in [0.2, 0.25) is 0 Å². The molecule has 88 valence electrons. The molecule has 0 saturated carbocycles. The topological polar surface area (TPSA) is 56.7 Å². The van der Waals surface area contributed by atoms with E-state index in [1.807, 2.05) is 47.3 Å². The standard InChI is InChI=1S/C12H11N3OS.Li.H/c1-17(16)12-13-10-5-4-9(8-11(10)14-12)15-6-2-3-7-15;;/h2-8H,1H3,(H,13,14);;. The third-order valence-corrected chi connectivity index (χ3v) is 3.36. The molecule has 0 bridgehead atoms. The van der Waals surface area contributed by atoms with Crippen molar-refractivity contribution in [1.29, 1.82) is 0 Å². The Morgan fingerprint density at radius 3 is 2.67 bits per heavy atom. The average molecular weight is 253 g/mol. The van der Waals surface area contributed by atoms with Gasteiger partial charge in [-0.15, -0.1) is 0 Å². The van der Waals surface area contributed by atoms with Crippen molar-refractivity contribution in [3.8, 4) is 5.69 Å². The van der Waals surface area contributed by atoms with Gasteiger partial charge in [-0.05, 0) is 30.3 Å². The molecule has 0 amide bonds. The predicted octanol–water partition coefficient (Wildman–Crippen LogP) is 1.44. The zero-order valence-corrected chi connectivity index (χ0v) is 10.1. The number of nitrogens with zero attached hydrogens (tertiary/aromatic N) is 2. The molecule has 1 aromatic carbocycles. The van der Waals surface area contributed by atoms with Gasteiger partial charge in [0, 0.05) is 29.3 Å². The second kappa shape index (κ2) is 5.25. The van der Waals surface area contributed by atoms with Crippen LogP contribution in [0.3, 0.4) is 0 Å². The Balaban J connectivity index is 0.00000120. The molecule has 0 spiro atoms. The Morgan fingerprint density at radius 2 is 2.00 bits per heavy atom. The zero-order chi connectivity index (χ0) is 11.8. The van der Waals surface area contributed by atoms with Gasteiger partial charge >= 0.3 is 24.0 Å². The van der Waals surface area contributed by atoms with Crippen LogP contribution in [0.5, 0.6) is 0 Å². The molecular formula is C12H12LiN3OS. The molecule has 1 atom stereocenters. The van der Waals surface area contributed by atoms with E-state index in [0.29, 0.717) is 5.16 Å². The predicted molar refractivity (Wildman–Crippen MR) is 74.9 cm³/mol. The molecule has 0 aliphatic carbocycles. The fraction of sp³-hybridized carbons (Fsp3) is 0.0833. The van der Waals surface area contributed by atoms with Crippen LogP contribution in [-0.2, 0) is 11.2 Å². The average Bonchev–Trinajstić information content (AvgIpc) is 2.97. The maximum absolute atomic E-state index is 11.3. The molecule has 3 aromatic rings. The molecule has 0 aliphatic rings. The summed E-state index contributed by atoms with van der Waals surface area (Å²) in [6.45, 7) is 0. The summed E-state index contributed by atoms with van der Waals surface area (Å²) in [6.07, 6.45) is 5.57. The Labute approximate surface area is 120 Å². The molecule has 1 unspecified atom stereocenters. The van der Waals surface area contributed by atoms with Crippen LogP contribution in [0.25, 0.3) is 16.7 Å². The molecule has 6 heteroatoms. The first-order valence-corrected chi connectivity index (χ1v) is 6.76. The van der Waals surface area contributed by atoms with E-state index in [1.165, 1.54) is 0 Å². The second-order valence-corrected chi connectivity index (χ2v) is 5.08. The monoisotopic (exact) mass is 253 g/mol. The number of fused-ring (bicyclic) bond motifs is 1.